The Morgan fingerprint density at radius 1 is 0.733 bits per heavy atom. The van der Waals surface area contributed by atoms with Crippen LogP contribution < -0.4 is 9.47 Å². The van der Waals surface area contributed by atoms with Crippen LogP contribution in [0.25, 0.3) is 5.57 Å². The maximum atomic E-state index is 12.3. The number of ether oxygens (including phenoxy) is 4. The second kappa shape index (κ2) is 9.22. The third kappa shape index (κ3) is 4.25. The summed E-state index contributed by atoms with van der Waals surface area (Å²) in [6, 6.07) is 7.27. The summed E-state index contributed by atoms with van der Waals surface area (Å²) in [5.74, 6) is -0.199. The maximum Gasteiger partial charge on any atom is 0.341 e. The van der Waals surface area contributed by atoms with Gasteiger partial charge in [-0.1, -0.05) is 5.57 Å². The summed E-state index contributed by atoms with van der Waals surface area (Å²) in [7, 11) is 5.64. The molecule has 0 saturated heterocycles. The minimum absolute atomic E-state index is 0.309. The average Bonchev–Trinajstić information content (AvgIpc) is 3.57. The zero-order chi connectivity index (χ0) is 22.0. The van der Waals surface area contributed by atoms with Crippen molar-refractivity contribution in [3.8, 4) is 11.5 Å². The molecule has 1 aliphatic rings. The Morgan fingerprint density at radius 3 is 1.43 bits per heavy atom. The van der Waals surface area contributed by atoms with Crippen molar-refractivity contribution in [1.82, 2.24) is 0 Å². The van der Waals surface area contributed by atoms with Gasteiger partial charge < -0.3 is 18.9 Å². The first-order chi connectivity index (χ1) is 14.4. The summed E-state index contributed by atoms with van der Waals surface area (Å²) in [5, 5.41) is 0. The molecule has 2 aromatic carbocycles. The fraction of sp³-hybridized carbons (Fsp3) is 0.273. The lowest BCUT2D eigenvalue weighted by Gasteiger charge is -2.17. The molecule has 30 heavy (non-hydrogen) atoms. The van der Waals surface area contributed by atoms with Crippen LogP contribution in [0.4, 0.5) is 0 Å². The SMILES string of the molecule is COC(=O)c1cc(C(=C2CC2)c2cc(Br)c(OC)c(C(=O)OC)c2)cc(Br)c1OC. The Labute approximate surface area is 191 Å². The minimum atomic E-state index is -0.499. The van der Waals surface area contributed by atoms with Crippen molar-refractivity contribution >= 4 is 49.4 Å². The van der Waals surface area contributed by atoms with Crippen molar-refractivity contribution in [1.29, 1.82) is 0 Å². The van der Waals surface area contributed by atoms with Crippen molar-refractivity contribution < 1.29 is 28.5 Å². The third-order valence-corrected chi connectivity index (χ3v) is 5.92. The van der Waals surface area contributed by atoms with Crippen molar-refractivity contribution in [2.24, 2.45) is 0 Å². The van der Waals surface area contributed by atoms with E-state index < -0.39 is 11.9 Å². The number of methoxy groups -OCH3 is 4. The Hall–Kier alpha value is -2.32. The van der Waals surface area contributed by atoms with Crippen molar-refractivity contribution in [2.45, 2.75) is 12.8 Å². The van der Waals surface area contributed by atoms with Crippen LogP contribution in [-0.2, 0) is 9.47 Å². The van der Waals surface area contributed by atoms with Gasteiger partial charge in [0.1, 0.15) is 22.6 Å². The molecule has 2 aromatic rings. The zero-order valence-corrected chi connectivity index (χ0v) is 20.1. The molecule has 0 radical (unpaired) electrons. The largest absolute Gasteiger partial charge is 0.495 e. The Morgan fingerprint density at radius 2 is 1.13 bits per heavy atom. The number of hydrogen-bond acceptors (Lipinski definition) is 6. The normalized spacial score (nSPS) is 12.3. The molecule has 158 valence electrons. The highest BCUT2D eigenvalue weighted by Gasteiger charge is 2.26. The highest BCUT2D eigenvalue weighted by molar-refractivity contribution is 9.11. The topological polar surface area (TPSA) is 71.1 Å². The van der Waals surface area contributed by atoms with E-state index in [2.05, 4.69) is 31.9 Å². The number of rotatable bonds is 6. The van der Waals surface area contributed by atoms with Crippen LogP contribution in [0.5, 0.6) is 11.5 Å². The molecule has 0 spiro atoms. The summed E-state index contributed by atoms with van der Waals surface area (Å²) >= 11 is 6.99. The zero-order valence-electron chi connectivity index (χ0n) is 16.9. The van der Waals surface area contributed by atoms with E-state index in [1.54, 1.807) is 12.1 Å². The van der Waals surface area contributed by atoms with Gasteiger partial charge in [-0.05, 0) is 85.7 Å². The van der Waals surface area contributed by atoms with Crippen LogP contribution >= 0.6 is 31.9 Å². The molecule has 0 aliphatic heterocycles. The number of halogens is 2. The van der Waals surface area contributed by atoms with E-state index in [0.29, 0.717) is 31.6 Å². The minimum Gasteiger partial charge on any atom is -0.495 e. The van der Waals surface area contributed by atoms with E-state index in [-0.39, 0.29) is 0 Å². The van der Waals surface area contributed by atoms with Gasteiger partial charge in [0, 0.05) is 0 Å². The van der Waals surface area contributed by atoms with E-state index in [9.17, 15) is 9.59 Å². The highest BCUT2D eigenvalue weighted by Crippen LogP contribution is 2.45. The van der Waals surface area contributed by atoms with E-state index in [0.717, 1.165) is 29.5 Å². The lowest BCUT2D eigenvalue weighted by atomic mass is 9.93. The highest BCUT2D eigenvalue weighted by atomic mass is 79.9. The number of allylic oxidation sites excluding steroid dienone is 1. The van der Waals surface area contributed by atoms with Gasteiger partial charge in [-0.3, -0.25) is 0 Å². The first kappa shape index (κ1) is 22.4. The van der Waals surface area contributed by atoms with Gasteiger partial charge in [0.2, 0.25) is 0 Å². The lowest BCUT2D eigenvalue weighted by Crippen LogP contribution is -2.07. The number of carbonyl (C=O) groups is 2. The maximum absolute atomic E-state index is 12.3. The molecular formula is C22H20Br2O6. The lowest BCUT2D eigenvalue weighted by molar-refractivity contribution is 0.0588. The summed E-state index contributed by atoms with van der Waals surface area (Å²) in [5.41, 5.74) is 4.40. The van der Waals surface area contributed by atoms with Crippen molar-refractivity contribution in [3.63, 3.8) is 0 Å². The molecule has 1 saturated carbocycles. The molecule has 8 heteroatoms. The number of hydrogen-bond donors (Lipinski definition) is 0. The first-order valence-corrected chi connectivity index (χ1v) is 10.6. The molecule has 1 aliphatic carbocycles. The number of benzene rings is 2. The van der Waals surface area contributed by atoms with Crippen LogP contribution in [0.15, 0.2) is 38.8 Å². The van der Waals surface area contributed by atoms with Gasteiger partial charge in [-0.15, -0.1) is 0 Å². The predicted octanol–water partition coefficient (Wildman–Crippen LogP) is 5.40. The smallest absolute Gasteiger partial charge is 0.341 e. The Bertz CT molecular complexity index is 977. The van der Waals surface area contributed by atoms with E-state index in [1.807, 2.05) is 12.1 Å². The summed E-state index contributed by atoms with van der Waals surface area (Å²) in [4.78, 5) is 24.7. The predicted molar refractivity (Wildman–Crippen MR) is 119 cm³/mol. The molecule has 0 N–H and O–H groups in total. The van der Waals surface area contributed by atoms with E-state index >= 15 is 0 Å². The second-order valence-corrected chi connectivity index (χ2v) is 8.25. The molecule has 0 amide bonds. The van der Waals surface area contributed by atoms with E-state index in [1.165, 1.54) is 34.0 Å². The standard InChI is InChI=1S/C22H20Br2O6/c1-27-19-14(21(25)29-3)7-12(9-16(19)23)18(11-5-6-11)13-8-15(22(26)30-4)20(28-2)17(24)10-13/h7-10H,5-6H2,1-4H3. The molecule has 1 fully saturated rings. The van der Waals surface area contributed by atoms with E-state index in [4.69, 9.17) is 18.9 Å². The van der Waals surface area contributed by atoms with Gasteiger partial charge in [0.15, 0.2) is 0 Å². The number of esters is 2. The molecular weight excluding hydrogens is 520 g/mol. The quantitative estimate of drug-likeness (QED) is 0.458. The molecule has 0 bridgehead atoms. The summed E-state index contributed by atoms with van der Waals surface area (Å²) in [6.45, 7) is 0. The van der Waals surface area contributed by atoms with Crippen LogP contribution in [0.1, 0.15) is 44.7 Å². The molecule has 3 rings (SSSR count). The molecule has 6 nitrogen and oxygen atoms in total. The third-order valence-electron chi connectivity index (χ3n) is 4.74. The molecule has 0 heterocycles. The van der Waals surface area contributed by atoms with Crippen LogP contribution in [0, 0.1) is 0 Å². The van der Waals surface area contributed by atoms with Crippen molar-refractivity contribution in [2.75, 3.05) is 28.4 Å². The summed E-state index contributed by atoms with van der Waals surface area (Å²) < 4.78 is 21.9. The van der Waals surface area contributed by atoms with Gasteiger partial charge >= 0.3 is 11.9 Å². The fourth-order valence-electron chi connectivity index (χ4n) is 3.30. The van der Waals surface area contributed by atoms with Crippen LogP contribution in [0.2, 0.25) is 0 Å². The van der Waals surface area contributed by atoms with Gasteiger partial charge in [0.25, 0.3) is 0 Å². The van der Waals surface area contributed by atoms with Gasteiger partial charge in [0.05, 0.1) is 37.4 Å². The fourth-order valence-corrected chi connectivity index (χ4v) is 4.55. The average molecular weight is 540 g/mol. The van der Waals surface area contributed by atoms with Crippen LogP contribution in [-0.4, -0.2) is 40.4 Å². The first-order valence-electron chi connectivity index (χ1n) is 9.00. The monoisotopic (exact) mass is 538 g/mol. The molecule has 0 unspecified atom stereocenters. The van der Waals surface area contributed by atoms with Crippen molar-refractivity contribution in [3.05, 3.63) is 61.0 Å². The Balaban J connectivity index is 2.24. The molecule has 0 atom stereocenters. The second-order valence-electron chi connectivity index (χ2n) is 6.54. The van der Waals surface area contributed by atoms with Gasteiger partial charge in [-0.2, -0.15) is 0 Å². The van der Waals surface area contributed by atoms with Gasteiger partial charge in [-0.25, -0.2) is 9.59 Å². The number of carbonyl (C=O) groups excluding carboxylic acids is 2. The van der Waals surface area contributed by atoms with Crippen LogP contribution in [0.3, 0.4) is 0 Å². The Kier molecular flexibility index (Phi) is 6.88. The summed E-state index contributed by atoms with van der Waals surface area (Å²) in [6.07, 6.45) is 1.87. The molecule has 0 aromatic heterocycles.